The molecule has 0 radical (unpaired) electrons. The molecule has 0 aliphatic rings. The van der Waals surface area contributed by atoms with Gasteiger partial charge in [-0.2, -0.15) is 0 Å². The van der Waals surface area contributed by atoms with E-state index in [1.807, 2.05) is 0 Å². The topological polar surface area (TPSA) is 78.9 Å². The van der Waals surface area contributed by atoms with Gasteiger partial charge in [0.15, 0.2) is 6.10 Å². The lowest BCUT2D eigenvalue weighted by Crippen LogP contribution is -2.30. The molecular weight excluding hydrogens is 889 g/mol. The van der Waals surface area contributed by atoms with Crippen molar-refractivity contribution in [2.75, 3.05) is 13.2 Å². The number of ether oxygens (including phenoxy) is 3. The minimum absolute atomic E-state index is 0.0723. The zero-order valence-corrected chi connectivity index (χ0v) is 48.2. The molecule has 0 aromatic rings. The van der Waals surface area contributed by atoms with Crippen LogP contribution in [-0.4, -0.2) is 37.2 Å². The van der Waals surface area contributed by atoms with Gasteiger partial charge in [0.2, 0.25) is 0 Å². The van der Waals surface area contributed by atoms with Crippen LogP contribution in [0.3, 0.4) is 0 Å². The minimum Gasteiger partial charge on any atom is -0.462 e. The summed E-state index contributed by atoms with van der Waals surface area (Å²) in [6.45, 7) is 6.63. The average molecular weight is 1010 g/mol. The number of carbonyl (C=O) groups is 3. The van der Waals surface area contributed by atoms with Gasteiger partial charge in [-0.15, -0.1) is 0 Å². The molecule has 0 bridgehead atoms. The highest BCUT2D eigenvalue weighted by molar-refractivity contribution is 5.71. The Morgan fingerprint density at radius 3 is 0.792 bits per heavy atom. The third-order valence-electron chi connectivity index (χ3n) is 14.1. The summed E-state index contributed by atoms with van der Waals surface area (Å²) in [6, 6.07) is 0. The summed E-state index contributed by atoms with van der Waals surface area (Å²) >= 11 is 0. The number of rotatable bonds is 58. The Labute approximate surface area is 448 Å². The molecule has 420 valence electrons. The molecule has 6 heteroatoms. The van der Waals surface area contributed by atoms with Crippen LogP contribution < -0.4 is 0 Å². The van der Waals surface area contributed by atoms with Gasteiger partial charge in [-0.1, -0.05) is 281 Å². The molecule has 0 fully saturated rings. The van der Waals surface area contributed by atoms with Crippen LogP contribution in [0.2, 0.25) is 0 Å². The molecule has 0 aromatic carbocycles. The monoisotopic (exact) mass is 1010 g/mol. The van der Waals surface area contributed by atoms with Crippen molar-refractivity contribution in [1.82, 2.24) is 0 Å². The molecule has 0 rings (SSSR count). The second-order valence-electron chi connectivity index (χ2n) is 21.3. The summed E-state index contributed by atoms with van der Waals surface area (Å²) in [5.41, 5.74) is 0. The predicted molar refractivity (Wildman–Crippen MR) is 312 cm³/mol. The average Bonchev–Trinajstić information content (AvgIpc) is 3.38. The van der Waals surface area contributed by atoms with E-state index in [1.165, 1.54) is 218 Å². The Hall–Kier alpha value is -2.63. The van der Waals surface area contributed by atoms with Gasteiger partial charge in [0.1, 0.15) is 13.2 Å². The van der Waals surface area contributed by atoms with Crippen molar-refractivity contribution >= 4 is 17.9 Å². The lowest BCUT2D eigenvalue weighted by molar-refractivity contribution is -0.167. The van der Waals surface area contributed by atoms with Crippen molar-refractivity contribution in [2.45, 2.75) is 341 Å². The number of unbranched alkanes of at least 4 members (excludes halogenated alkanes) is 39. The van der Waals surface area contributed by atoms with Gasteiger partial charge in [0.05, 0.1) is 0 Å². The molecule has 1 atom stereocenters. The number of hydrogen-bond acceptors (Lipinski definition) is 6. The number of carbonyl (C=O) groups excluding carboxylic acids is 3. The summed E-state index contributed by atoms with van der Waals surface area (Å²) in [4.78, 5) is 38.1. The molecule has 0 spiro atoms. The Kier molecular flexibility index (Phi) is 58.7. The van der Waals surface area contributed by atoms with Crippen LogP contribution >= 0.6 is 0 Å². The molecule has 6 nitrogen and oxygen atoms in total. The molecule has 0 saturated carbocycles. The van der Waals surface area contributed by atoms with E-state index in [-0.39, 0.29) is 31.1 Å². The number of allylic oxidation sites excluding steroid dienone is 8. The van der Waals surface area contributed by atoms with Gasteiger partial charge in [-0.05, 0) is 83.5 Å². The normalized spacial score (nSPS) is 12.3. The Bertz CT molecular complexity index is 1250. The number of esters is 3. The standard InChI is InChI=1S/C66H120O6/c1-4-7-10-13-16-19-21-23-25-26-27-28-29-30-31-32-33-34-35-36-37-38-39-40-41-43-44-47-50-53-56-59-65(68)71-62-63(61-70-64(67)58-55-52-49-46-18-15-12-9-6-3)72-66(69)60-57-54-51-48-45-42-24-22-20-17-14-11-8-5-2/h21-24,26-27,29-30,63H,4-20,25,28,31-62H2,1-3H3/b23-21-,24-22-,27-26-,30-29-. The van der Waals surface area contributed by atoms with Crippen LogP contribution in [0.1, 0.15) is 335 Å². The second-order valence-corrected chi connectivity index (χ2v) is 21.3. The molecule has 0 aliphatic carbocycles. The molecule has 0 amide bonds. The van der Waals surface area contributed by atoms with Crippen molar-refractivity contribution in [2.24, 2.45) is 0 Å². The predicted octanol–water partition coefficient (Wildman–Crippen LogP) is 21.4. The Balaban J connectivity index is 4.07. The van der Waals surface area contributed by atoms with Crippen LogP contribution in [0.25, 0.3) is 0 Å². The molecule has 0 N–H and O–H groups in total. The van der Waals surface area contributed by atoms with Gasteiger partial charge in [0, 0.05) is 19.3 Å². The van der Waals surface area contributed by atoms with Crippen LogP contribution in [0.15, 0.2) is 48.6 Å². The van der Waals surface area contributed by atoms with E-state index >= 15 is 0 Å². The van der Waals surface area contributed by atoms with Gasteiger partial charge >= 0.3 is 17.9 Å². The molecule has 0 aromatic heterocycles. The third kappa shape index (κ3) is 58.3. The van der Waals surface area contributed by atoms with E-state index in [9.17, 15) is 14.4 Å². The first kappa shape index (κ1) is 69.4. The van der Waals surface area contributed by atoms with E-state index in [2.05, 4.69) is 69.4 Å². The summed E-state index contributed by atoms with van der Waals surface area (Å²) in [5, 5.41) is 0. The van der Waals surface area contributed by atoms with Crippen molar-refractivity contribution in [1.29, 1.82) is 0 Å². The van der Waals surface area contributed by atoms with Crippen molar-refractivity contribution in [3.8, 4) is 0 Å². The van der Waals surface area contributed by atoms with Gasteiger partial charge in [0.25, 0.3) is 0 Å². The summed E-state index contributed by atoms with van der Waals surface area (Å²) in [7, 11) is 0. The first-order valence-electron chi connectivity index (χ1n) is 31.6. The van der Waals surface area contributed by atoms with E-state index < -0.39 is 6.10 Å². The molecular formula is C66H120O6. The van der Waals surface area contributed by atoms with Gasteiger partial charge in [-0.25, -0.2) is 0 Å². The first-order chi connectivity index (χ1) is 35.5. The Morgan fingerprint density at radius 1 is 0.278 bits per heavy atom. The summed E-state index contributed by atoms with van der Waals surface area (Å²) in [5.74, 6) is -0.868. The highest BCUT2D eigenvalue weighted by atomic mass is 16.6. The first-order valence-corrected chi connectivity index (χ1v) is 31.6. The Morgan fingerprint density at radius 2 is 0.500 bits per heavy atom. The maximum Gasteiger partial charge on any atom is 0.306 e. The number of hydrogen-bond donors (Lipinski definition) is 0. The maximum atomic E-state index is 12.8. The molecule has 0 saturated heterocycles. The van der Waals surface area contributed by atoms with E-state index in [1.54, 1.807) is 0 Å². The van der Waals surface area contributed by atoms with Crippen LogP contribution in [-0.2, 0) is 28.6 Å². The quantitative estimate of drug-likeness (QED) is 0.0261. The van der Waals surface area contributed by atoms with Crippen LogP contribution in [0.5, 0.6) is 0 Å². The molecule has 0 heterocycles. The van der Waals surface area contributed by atoms with Crippen molar-refractivity contribution in [3.05, 3.63) is 48.6 Å². The largest absolute Gasteiger partial charge is 0.462 e. The fourth-order valence-electron chi connectivity index (χ4n) is 9.27. The SMILES string of the molecule is CCCCCCC/C=C\C/C=C\C/C=C\CCCCCCCCCCCCCCCCCCC(=O)OCC(COC(=O)CCCCCCCCCCC)OC(=O)CCCCCCC/C=C\CCCCCCC. The van der Waals surface area contributed by atoms with Crippen molar-refractivity contribution in [3.63, 3.8) is 0 Å². The fraction of sp³-hybridized carbons (Fsp3) is 0.833. The van der Waals surface area contributed by atoms with Gasteiger partial charge in [-0.3, -0.25) is 14.4 Å². The second kappa shape index (κ2) is 60.9. The lowest BCUT2D eigenvalue weighted by atomic mass is 10.0. The maximum absolute atomic E-state index is 12.8. The molecule has 0 aliphatic heterocycles. The lowest BCUT2D eigenvalue weighted by Gasteiger charge is -2.18. The molecule has 72 heavy (non-hydrogen) atoms. The van der Waals surface area contributed by atoms with Crippen molar-refractivity contribution < 1.29 is 28.6 Å². The van der Waals surface area contributed by atoms with E-state index in [0.29, 0.717) is 19.3 Å². The molecule has 1 unspecified atom stereocenters. The highest BCUT2D eigenvalue weighted by Crippen LogP contribution is 2.17. The minimum atomic E-state index is -0.773. The fourth-order valence-corrected chi connectivity index (χ4v) is 9.27. The van der Waals surface area contributed by atoms with Crippen LogP contribution in [0, 0.1) is 0 Å². The smallest absolute Gasteiger partial charge is 0.306 e. The van der Waals surface area contributed by atoms with Gasteiger partial charge < -0.3 is 14.2 Å². The van der Waals surface area contributed by atoms with E-state index in [4.69, 9.17) is 14.2 Å². The summed E-state index contributed by atoms with van der Waals surface area (Å²) in [6.07, 6.45) is 75.7. The highest BCUT2D eigenvalue weighted by Gasteiger charge is 2.19. The van der Waals surface area contributed by atoms with E-state index in [0.717, 1.165) is 77.0 Å². The zero-order chi connectivity index (χ0) is 52.2. The van der Waals surface area contributed by atoms with Crippen LogP contribution in [0.4, 0.5) is 0 Å². The third-order valence-corrected chi connectivity index (χ3v) is 14.1. The zero-order valence-electron chi connectivity index (χ0n) is 48.2. The summed E-state index contributed by atoms with van der Waals surface area (Å²) < 4.78 is 16.8.